The third-order valence-corrected chi connectivity index (χ3v) is 4.35. The fraction of sp³-hybridized carbons (Fsp3) is 0.231. The van der Waals surface area contributed by atoms with E-state index >= 15 is 0 Å². The van der Waals surface area contributed by atoms with Gasteiger partial charge in [-0.25, -0.2) is 0 Å². The van der Waals surface area contributed by atoms with Crippen molar-refractivity contribution in [1.29, 1.82) is 0 Å². The molecule has 0 fully saturated rings. The minimum absolute atomic E-state index is 0.281. The second kappa shape index (κ2) is 6.31. The summed E-state index contributed by atoms with van der Waals surface area (Å²) in [6.07, 6.45) is 1.91. The molecule has 1 atom stereocenters. The van der Waals surface area contributed by atoms with E-state index < -0.39 is 0 Å². The normalized spacial score (nSPS) is 12.6. The average Bonchev–Trinajstić information content (AvgIpc) is 2.75. The zero-order valence-electron chi connectivity index (χ0n) is 9.40. The van der Waals surface area contributed by atoms with Gasteiger partial charge in [-0.15, -0.1) is 11.3 Å². The summed E-state index contributed by atoms with van der Waals surface area (Å²) < 4.78 is 1.15. The fourth-order valence-corrected chi connectivity index (χ4v) is 3.32. The van der Waals surface area contributed by atoms with E-state index in [1.165, 1.54) is 10.4 Å². The number of hydrogen-bond donors (Lipinski definition) is 2. The van der Waals surface area contributed by atoms with E-state index in [-0.39, 0.29) is 6.04 Å². The molecule has 0 saturated carbocycles. The van der Waals surface area contributed by atoms with Crippen molar-refractivity contribution < 1.29 is 0 Å². The van der Waals surface area contributed by atoms with Crippen molar-refractivity contribution >= 4 is 27.3 Å². The van der Waals surface area contributed by atoms with Crippen LogP contribution in [0.15, 0.2) is 46.3 Å². The summed E-state index contributed by atoms with van der Waals surface area (Å²) in [4.78, 5) is 1.34. The largest absolute Gasteiger partial charge is 0.271 e. The van der Waals surface area contributed by atoms with Gasteiger partial charge in [-0.2, -0.15) is 0 Å². The Labute approximate surface area is 114 Å². The Hall–Kier alpha value is -0.680. The van der Waals surface area contributed by atoms with Crippen LogP contribution in [0.4, 0.5) is 0 Å². The lowest BCUT2D eigenvalue weighted by molar-refractivity contribution is 0.525. The molecular weight excluding hydrogens is 296 g/mol. The molecule has 0 aliphatic heterocycles. The van der Waals surface area contributed by atoms with Crippen molar-refractivity contribution in [3.05, 3.63) is 56.7 Å². The molecular formula is C13H15BrN2S. The number of halogens is 1. The maximum absolute atomic E-state index is 5.62. The Morgan fingerprint density at radius 3 is 2.59 bits per heavy atom. The molecule has 1 aromatic carbocycles. The molecule has 0 bridgehead atoms. The highest BCUT2D eigenvalue weighted by Gasteiger charge is 2.10. The second-order valence-corrected chi connectivity index (χ2v) is 5.90. The van der Waals surface area contributed by atoms with Gasteiger partial charge in [-0.1, -0.05) is 30.3 Å². The first kappa shape index (κ1) is 12.8. The van der Waals surface area contributed by atoms with E-state index in [2.05, 4.69) is 57.1 Å². The van der Waals surface area contributed by atoms with Gasteiger partial charge in [0.15, 0.2) is 0 Å². The molecule has 2 aromatic rings. The summed E-state index contributed by atoms with van der Waals surface area (Å²) in [5.41, 5.74) is 4.21. The maximum Gasteiger partial charge on any atom is 0.0299 e. The van der Waals surface area contributed by atoms with Crippen LogP contribution >= 0.6 is 27.3 Å². The van der Waals surface area contributed by atoms with Crippen molar-refractivity contribution in [2.24, 2.45) is 5.84 Å². The SMILES string of the molecule is NNC(Cc1ccccc1)Cc1cc(Br)cs1. The zero-order valence-corrected chi connectivity index (χ0v) is 11.8. The number of hydrogen-bond acceptors (Lipinski definition) is 3. The predicted molar refractivity (Wildman–Crippen MR) is 77.0 cm³/mol. The van der Waals surface area contributed by atoms with Gasteiger partial charge in [0.1, 0.15) is 0 Å². The molecule has 0 saturated heterocycles. The minimum atomic E-state index is 0.281. The van der Waals surface area contributed by atoms with Crippen LogP contribution in [-0.2, 0) is 12.8 Å². The van der Waals surface area contributed by atoms with Gasteiger partial charge in [0.2, 0.25) is 0 Å². The third-order valence-electron chi connectivity index (χ3n) is 2.63. The fourth-order valence-electron chi connectivity index (χ4n) is 1.79. The van der Waals surface area contributed by atoms with E-state index in [1.807, 2.05) is 6.07 Å². The third kappa shape index (κ3) is 3.92. The summed E-state index contributed by atoms with van der Waals surface area (Å²) in [5.74, 6) is 5.62. The Balaban J connectivity index is 1.98. The first-order valence-electron chi connectivity index (χ1n) is 5.51. The molecule has 0 spiro atoms. The highest BCUT2D eigenvalue weighted by Crippen LogP contribution is 2.21. The summed E-state index contributed by atoms with van der Waals surface area (Å²) >= 11 is 5.23. The molecule has 2 rings (SSSR count). The number of thiophene rings is 1. The topological polar surface area (TPSA) is 38.0 Å². The molecule has 17 heavy (non-hydrogen) atoms. The summed E-state index contributed by atoms with van der Waals surface area (Å²) in [6, 6.07) is 12.9. The molecule has 0 amide bonds. The van der Waals surface area contributed by atoms with E-state index in [4.69, 9.17) is 5.84 Å². The van der Waals surface area contributed by atoms with Gasteiger partial charge in [-0.05, 0) is 40.4 Å². The molecule has 1 heterocycles. The smallest absolute Gasteiger partial charge is 0.0299 e. The van der Waals surface area contributed by atoms with Gasteiger partial charge in [0.05, 0.1) is 0 Å². The maximum atomic E-state index is 5.62. The van der Waals surface area contributed by atoms with Crippen LogP contribution < -0.4 is 11.3 Å². The van der Waals surface area contributed by atoms with Gasteiger partial charge in [0.25, 0.3) is 0 Å². The molecule has 1 unspecified atom stereocenters. The van der Waals surface area contributed by atoms with Crippen LogP contribution in [0.2, 0.25) is 0 Å². The van der Waals surface area contributed by atoms with Crippen molar-refractivity contribution in [2.45, 2.75) is 18.9 Å². The van der Waals surface area contributed by atoms with Crippen LogP contribution in [-0.4, -0.2) is 6.04 Å². The van der Waals surface area contributed by atoms with Crippen molar-refractivity contribution in [3.63, 3.8) is 0 Å². The first-order valence-corrected chi connectivity index (χ1v) is 7.18. The van der Waals surface area contributed by atoms with E-state index in [1.54, 1.807) is 11.3 Å². The number of rotatable bonds is 5. The van der Waals surface area contributed by atoms with Crippen LogP contribution in [0.5, 0.6) is 0 Å². The number of benzene rings is 1. The average molecular weight is 311 g/mol. The molecule has 3 N–H and O–H groups in total. The standard InChI is InChI=1S/C13H15BrN2S/c14-11-7-13(17-9-11)8-12(16-15)6-10-4-2-1-3-5-10/h1-5,7,9,12,16H,6,8,15H2. The van der Waals surface area contributed by atoms with Gasteiger partial charge < -0.3 is 0 Å². The number of nitrogens with one attached hydrogen (secondary N) is 1. The molecule has 0 aliphatic rings. The Kier molecular flexibility index (Phi) is 4.74. The lowest BCUT2D eigenvalue weighted by Crippen LogP contribution is -2.38. The number of nitrogens with two attached hydrogens (primary N) is 1. The minimum Gasteiger partial charge on any atom is -0.271 e. The van der Waals surface area contributed by atoms with Crippen molar-refractivity contribution in [3.8, 4) is 0 Å². The van der Waals surface area contributed by atoms with Gasteiger partial charge in [0, 0.05) is 20.8 Å². The van der Waals surface area contributed by atoms with E-state index in [0.29, 0.717) is 0 Å². The Bertz CT molecular complexity index is 455. The highest BCUT2D eigenvalue weighted by atomic mass is 79.9. The number of hydrazine groups is 1. The monoisotopic (exact) mass is 310 g/mol. The lowest BCUT2D eigenvalue weighted by Gasteiger charge is -2.14. The molecule has 0 radical (unpaired) electrons. The summed E-state index contributed by atoms with van der Waals surface area (Å²) in [5, 5.41) is 2.10. The summed E-state index contributed by atoms with van der Waals surface area (Å²) in [7, 11) is 0. The molecule has 2 nitrogen and oxygen atoms in total. The van der Waals surface area contributed by atoms with E-state index in [0.717, 1.165) is 17.3 Å². The lowest BCUT2D eigenvalue weighted by atomic mass is 10.0. The van der Waals surface area contributed by atoms with Crippen LogP contribution in [0.25, 0.3) is 0 Å². The summed E-state index contributed by atoms with van der Waals surface area (Å²) in [6.45, 7) is 0. The van der Waals surface area contributed by atoms with Gasteiger partial charge in [-0.3, -0.25) is 11.3 Å². The highest BCUT2D eigenvalue weighted by molar-refractivity contribution is 9.10. The van der Waals surface area contributed by atoms with Crippen LogP contribution in [0.1, 0.15) is 10.4 Å². The predicted octanol–water partition coefficient (Wildman–Crippen LogP) is 3.13. The van der Waals surface area contributed by atoms with Crippen LogP contribution in [0, 0.1) is 0 Å². The van der Waals surface area contributed by atoms with Crippen molar-refractivity contribution in [2.75, 3.05) is 0 Å². The molecule has 90 valence electrons. The van der Waals surface area contributed by atoms with Crippen molar-refractivity contribution in [1.82, 2.24) is 5.43 Å². The second-order valence-electron chi connectivity index (χ2n) is 3.99. The first-order chi connectivity index (χ1) is 8.28. The van der Waals surface area contributed by atoms with Crippen LogP contribution in [0.3, 0.4) is 0 Å². The quantitative estimate of drug-likeness (QED) is 0.658. The van der Waals surface area contributed by atoms with E-state index in [9.17, 15) is 0 Å². The molecule has 4 heteroatoms. The Morgan fingerprint density at radius 1 is 1.24 bits per heavy atom. The van der Waals surface area contributed by atoms with Gasteiger partial charge >= 0.3 is 0 Å². The zero-order chi connectivity index (χ0) is 12.1. The molecule has 1 aromatic heterocycles. The Morgan fingerprint density at radius 2 is 2.00 bits per heavy atom. The molecule has 0 aliphatic carbocycles.